The molecule has 1 fully saturated rings. The van der Waals surface area contributed by atoms with Gasteiger partial charge in [0.2, 0.25) is 5.91 Å². The highest BCUT2D eigenvalue weighted by molar-refractivity contribution is 5.81. The number of hydrogen-bond donors (Lipinski definition) is 2. The standard InChI is InChI=1S/C15H31N3O/c1-5-15(3,4)17-14(19)13(2)16-9-8-12-18-10-6-7-11-18/h13,16H,5-12H2,1-4H3,(H,17,19). The molecular weight excluding hydrogens is 238 g/mol. The summed E-state index contributed by atoms with van der Waals surface area (Å²) in [5, 5.41) is 6.39. The van der Waals surface area contributed by atoms with Crippen molar-refractivity contribution in [1.82, 2.24) is 15.5 Å². The number of carbonyl (C=O) groups excluding carboxylic acids is 1. The van der Waals surface area contributed by atoms with E-state index in [0.717, 1.165) is 25.9 Å². The van der Waals surface area contributed by atoms with E-state index in [9.17, 15) is 4.79 Å². The molecule has 19 heavy (non-hydrogen) atoms. The Morgan fingerprint density at radius 3 is 2.53 bits per heavy atom. The second-order valence-corrected chi connectivity index (χ2v) is 6.30. The lowest BCUT2D eigenvalue weighted by Crippen LogP contribution is -2.50. The number of carbonyl (C=O) groups is 1. The van der Waals surface area contributed by atoms with Crippen molar-refractivity contribution in [2.24, 2.45) is 0 Å². The van der Waals surface area contributed by atoms with Crippen LogP contribution in [-0.2, 0) is 4.79 Å². The number of nitrogens with zero attached hydrogens (tertiary/aromatic N) is 1. The highest BCUT2D eigenvalue weighted by Gasteiger charge is 2.21. The van der Waals surface area contributed by atoms with Crippen LogP contribution in [0.4, 0.5) is 0 Å². The van der Waals surface area contributed by atoms with Crippen molar-refractivity contribution >= 4 is 5.91 Å². The van der Waals surface area contributed by atoms with Crippen LogP contribution >= 0.6 is 0 Å². The van der Waals surface area contributed by atoms with Crippen LogP contribution in [0.1, 0.15) is 53.4 Å². The van der Waals surface area contributed by atoms with Crippen LogP contribution in [0.15, 0.2) is 0 Å². The van der Waals surface area contributed by atoms with Crippen molar-refractivity contribution in [2.75, 3.05) is 26.2 Å². The van der Waals surface area contributed by atoms with E-state index in [2.05, 4.69) is 36.3 Å². The molecule has 0 aromatic rings. The minimum atomic E-state index is -0.109. The Hall–Kier alpha value is -0.610. The molecule has 112 valence electrons. The minimum Gasteiger partial charge on any atom is -0.350 e. The van der Waals surface area contributed by atoms with Crippen LogP contribution < -0.4 is 10.6 Å². The van der Waals surface area contributed by atoms with Crippen molar-refractivity contribution in [3.63, 3.8) is 0 Å². The molecule has 1 aliphatic heterocycles. The lowest BCUT2D eigenvalue weighted by molar-refractivity contribution is -0.124. The van der Waals surface area contributed by atoms with Gasteiger partial charge >= 0.3 is 0 Å². The molecule has 4 heteroatoms. The summed E-state index contributed by atoms with van der Waals surface area (Å²) >= 11 is 0. The fourth-order valence-electron chi connectivity index (χ4n) is 2.25. The highest BCUT2D eigenvalue weighted by atomic mass is 16.2. The van der Waals surface area contributed by atoms with Crippen LogP contribution in [0.25, 0.3) is 0 Å². The van der Waals surface area contributed by atoms with Crippen LogP contribution in [0, 0.1) is 0 Å². The lowest BCUT2D eigenvalue weighted by Gasteiger charge is -2.27. The van der Waals surface area contributed by atoms with E-state index in [-0.39, 0.29) is 17.5 Å². The molecule has 0 spiro atoms. The van der Waals surface area contributed by atoms with Gasteiger partial charge in [0.1, 0.15) is 0 Å². The highest BCUT2D eigenvalue weighted by Crippen LogP contribution is 2.08. The Morgan fingerprint density at radius 1 is 1.32 bits per heavy atom. The Bertz CT molecular complexity index is 273. The predicted molar refractivity (Wildman–Crippen MR) is 80.3 cm³/mol. The molecule has 1 saturated heterocycles. The third-order valence-corrected chi connectivity index (χ3v) is 4.04. The molecule has 1 unspecified atom stereocenters. The third-order valence-electron chi connectivity index (χ3n) is 4.04. The molecule has 0 saturated carbocycles. The van der Waals surface area contributed by atoms with Gasteiger partial charge in [-0.3, -0.25) is 4.79 Å². The van der Waals surface area contributed by atoms with Crippen molar-refractivity contribution in [3.8, 4) is 0 Å². The summed E-state index contributed by atoms with van der Waals surface area (Å²) in [5.74, 6) is 0.105. The van der Waals surface area contributed by atoms with Gasteiger partial charge in [-0.25, -0.2) is 0 Å². The smallest absolute Gasteiger partial charge is 0.237 e. The van der Waals surface area contributed by atoms with Crippen molar-refractivity contribution in [3.05, 3.63) is 0 Å². The first kappa shape index (κ1) is 16.4. The Morgan fingerprint density at radius 2 is 1.95 bits per heavy atom. The molecule has 1 atom stereocenters. The fraction of sp³-hybridized carbons (Fsp3) is 0.933. The van der Waals surface area contributed by atoms with Crippen molar-refractivity contribution in [2.45, 2.75) is 65.0 Å². The largest absolute Gasteiger partial charge is 0.350 e. The summed E-state index contributed by atoms with van der Waals surface area (Å²) in [4.78, 5) is 14.5. The van der Waals surface area contributed by atoms with Crippen LogP contribution in [0.2, 0.25) is 0 Å². The van der Waals surface area contributed by atoms with Crippen LogP contribution in [-0.4, -0.2) is 48.6 Å². The molecular formula is C15H31N3O. The summed E-state index contributed by atoms with van der Waals surface area (Å²) < 4.78 is 0. The molecule has 2 N–H and O–H groups in total. The minimum absolute atomic E-state index is 0.105. The Kier molecular flexibility index (Phi) is 6.80. The van der Waals surface area contributed by atoms with Gasteiger partial charge in [0.25, 0.3) is 0 Å². The van der Waals surface area contributed by atoms with Gasteiger partial charge in [0, 0.05) is 5.54 Å². The molecule has 0 aliphatic carbocycles. The van der Waals surface area contributed by atoms with Gasteiger partial charge in [-0.15, -0.1) is 0 Å². The summed E-state index contributed by atoms with van der Waals surface area (Å²) in [7, 11) is 0. The number of amides is 1. The van der Waals surface area contributed by atoms with Gasteiger partial charge in [-0.05, 0) is 72.6 Å². The zero-order chi connectivity index (χ0) is 14.3. The van der Waals surface area contributed by atoms with E-state index in [1.807, 2.05) is 6.92 Å². The van der Waals surface area contributed by atoms with Gasteiger partial charge in [-0.2, -0.15) is 0 Å². The molecule has 4 nitrogen and oxygen atoms in total. The Labute approximate surface area is 118 Å². The first-order chi connectivity index (χ1) is 8.94. The fourth-order valence-corrected chi connectivity index (χ4v) is 2.25. The molecule has 1 heterocycles. The maximum absolute atomic E-state index is 12.0. The molecule has 1 amide bonds. The first-order valence-electron chi connectivity index (χ1n) is 7.72. The lowest BCUT2D eigenvalue weighted by atomic mass is 10.0. The summed E-state index contributed by atoms with van der Waals surface area (Å²) in [6.07, 6.45) is 4.76. The van der Waals surface area contributed by atoms with Gasteiger partial charge in [-0.1, -0.05) is 6.92 Å². The van der Waals surface area contributed by atoms with E-state index in [4.69, 9.17) is 0 Å². The summed E-state index contributed by atoms with van der Waals surface area (Å²) in [5.41, 5.74) is -0.109. The topological polar surface area (TPSA) is 44.4 Å². The number of likely N-dealkylation sites (tertiary alicyclic amines) is 1. The predicted octanol–water partition coefficient (Wildman–Crippen LogP) is 1.76. The molecule has 0 aromatic heterocycles. The van der Waals surface area contributed by atoms with E-state index >= 15 is 0 Å². The quantitative estimate of drug-likeness (QED) is 0.660. The van der Waals surface area contributed by atoms with Crippen molar-refractivity contribution < 1.29 is 4.79 Å². The van der Waals surface area contributed by atoms with E-state index < -0.39 is 0 Å². The van der Waals surface area contributed by atoms with E-state index in [0.29, 0.717) is 0 Å². The van der Waals surface area contributed by atoms with E-state index in [1.54, 1.807) is 0 Å². The average molecular weight is 269 g/mol. The second-order valence-electron chi connectivity index (χ2n) is 6.30. The van der Waals surface area contributed by atoms with Gasteiger partial charge in [0.15, 0.2) is 0 Å². The number of nitrogens with one attached hydrogen (secondary N) is 2. The molecule has 0 bridgehead atoms. The zero-order valence-corrected chi connectivity index (χ0v) is 13.1. The first-order valence-corrected chi connectivity index (χ1v) is 7.72. The molecule has 0 aromatic carbocycles. The van der Waals surface area contributed by atoms with Gasteiger partial charge in [0.05, 0.1) is 6.04 Å². The Balaban J connectivity index is 2.12. The van der Waals surface area contributed by atoms with E-state index in [1.165, 1.54) is 25.9 Å². The van der Waals surface area contributed by atoms with Crippen LogP contribution in [0.5, 0.6) is 0 Å². The molecule has 0 radical (unpaired) electrons. The molecule has 1 aliphatic rings. The SMILES string of the molecule is CCC(C)(C)NC(=O)C(C)NCCCN1CCCC1. The number of rotatable bonds is 8. The normalized spacial score (nSPS) is 18.5. The maximum Gasteiger partial charge on any atom is 0.237 e. The van der Waals surface area contributed by atoms with Crippen molar-refractivity contribution in [1.29, 1.82) is 0 Å². The maximum atomic E-state index is 12.0. The van der Waals surface area contributed by atoms with Crippen LogP contribution in [0.3, 0.4) is 0 Å². The average Bonchev–Trinajstić information content (AvgIpc) is 2.87. The zero-order valence-electron chi connectivity index (χ0n) is 13.1. The monoisotopic (exact) mass is 269 g/mol. The summed E-state index contributed by atoms with van der Waals surface area (Å²) in [6, 6.07) is -0.107. The third kappa shape index (κ3) is 6.39. The number of hydrogen-bond acceptors (Lipinski definition) is 3. The second kappa shape index (κ2) is 7.85. The molecule has 1 rings (SSSR count). The summed E-state index contributed by atoms with van der Waals surface area (Å²) in [6.45, 7) is 12.7. The van der Waals surface area contributed by atoms with Gasteiger partial charge < -0.3 is 15.5 Å².